The normalized spacial score (nSPS) is 11.9. The molecule has 6 nitrogen and oxygen atoms in total. The summed E-state index contributed by atoms with van der Waals surface area (Å²) in [4.78, 5) is 25.3. The second-order valence-electron chi connectivity index (χ2n) is 6.56. The lowest BCUT2D eigenvalue weighted by atomic mass is 10.1. The number of pyridine rings is 1. The molecule has 0 bridgehead atoms. The van der Waals surface area contributed by atoms with Gasteiger partial charge in [0.25, 0.3) is 5.56 Å². The Kier molecular flexibility index (Phi) is 4.76. The standard InChI is InChI=1S/C22H20N4O2/c1-15(16-6-4-3-5-7-16)26(2)17-8-10-18(11-9-17)28-22-24-20-14-23-13-12-19(20)21(27)25-22/h3-15H,1-2H3,(H,24,25,27)/t15-/m0/s1. The molecule has 0 fully saturated rings. The van der Waals surface area contributed by atoms with E-state index in [-0.39, 0.29) is 17.6 Å². The Hall–Kier alpha value is -3.67. The van der Waals surface area contributed by atoms with E-state index in [0.29, 0.717) is 16.7 Å². The Labute approximate surface area is 162 Å². The fourth-order valence-corrected chi connectivity index (χ4v) is 3.06. The van der Waals surface area contributed by atoms with E-state index < -0.39 is 0 Å². The Morgan fingerprint density at radius 3 is 2.54 bits per heavy atom. The van der Waals surface area contributed by atoms with Crippen molar-refractivity contribution in [3.63, 3.8) is 0 Å². The van der Waals surface area contributed by atoms with E-state index in [0.717, 1.165) is 5.69 Å². The summed E-state index contributed by atoms with van der Waals surface area (Å²) in [6, 6.07) is 20.0. The summed E-state index contributed by atoms with van der Waals surface area (Å²) < 4.78 is 5.73. The van der Waals surface area contributed by atoms with Crippen molar-refractivity contribution in [3.05, 3.63) is 89.0 Å². The first-order chi connectivity index (χ1) is 13.6. The molecule has 4 aromatic rings. The maximum atomic E-state index is 12.1. The van der Waals surface area contributed by atoms with E-state index in [1.54, 1.807) is 18.5 Å². The molecule has 2 heterocycles. The molecule has 1 atom stereocenters. The molecule has 0 radical (unpaired) electrons. The van der Waals surface area contributed by atoms with E-state index in [9.17, 15) is 4.79 Å². The van der Waals surface area contributed by atoms with Gasteiger partial charge in [-0.25, -0.2) is 0 Å². The first kappa shape index (κ1) is 17.7. The molecule has 0 aliphatic heterocycles. The number of hydrogen-bond acceptors (Lipinski definition) is 5. The molecule has 2 aromatic heterocycles. The lowest BCUT2D eigenvalue weighted by Gasteiger charge is -2.27. The first-order valence-corrected chi connectivity index (χ1v) is 9.01. The molecule has 0 saturated heterocycles. The van der Waals surface area contributed by atoms with E-state index >= 15 is 0 Å². The molecule has 0 spiro atoms. The van der Waals surface area contributed by atoms with Crippen LogP contribution in [0.1, 0.15) is 18.5 Å². The molecule has 1 N–H and O–H groups in total. The zero-order valence-electron chi connectivity index (χ0n) is 15.7. The van der Waals surface area contributed by atoms with Crippen molar-refractivity contribution < 1.29 is 4.74 Å². The summed E-state index contributed by atoms with van der Waals surface area (Å²) in [7, 11) is 2.06. The second-order valence-corrected chi connectivity index (χ2v) is 6.56. The monoisotopic (exact) mass is 372 g/mol. The predicted octanol–water partition coefficient (Wildman–Crippen LogP) is 4.31. The number of nitrogens with one attached hydrogen (secondary N) is 1. The van der Waals surface area contributed by atoms with Gasteiger partial charge in [0.05, 0.1) is 23.1 Å². The van der Waals surface area contributed by atoms with Crippen LogP contribution < -0.4 is 15.2 Å². The highest BCUT2D eigenvalue weighted by Gasteiger charge is 2.12. The minimum absolute atomic E-state index is 0.143. The maximum Gasteiger partial charge on any atom is 0.302 e. The number of aromatic amines is 1. The van der Waals surface area contributed by atoms with Crippen LogP contribution in [0.2, 0.25) is 0 Å². The molecule has 0 saturated carbocycles. The van der Waals surface area contributed by atoms with Crippen LogP contribution in [-0.4, -0.2) is 22.0 Å². The van der Waals surface area contributed by atoms with Crippen LogP contribution in [-0.2, 0) is 0 Å². The van der Waals surface area contributed by atoms with Crippen LogP contribution in [0.4, 0.5) is 5.69 Å². The van der Waals surface area contributed by atoms with Crippen molar-refractivity contribution >= 4 is 16.6 Å². The third kappa shape index (κ3) is 3.57. The molecule has 0 amide bonds. The number of anilines is 1. The molecule has 0 aliphatic carbocycles. The van der Waals surface area contributed by atoms with Gasteiger partial charge in [0.1, 0.15) is 5.75 Å². The summed E-state index contributed by atoms with van der Waals surface area (Å²) in [5.74, 6) is 0.593. The summed E-state index contributed by atoms with van der Waals surface area (Å²) in [6.07, 6.45) is 3.10. The van der Waals surface area contributed by atoms with Crippen molar-refractivity contribution in [1.29, 1.82) is 0 Å². The molecule has 6 heteroatoms. The summed E-state index contributed by atoms with van der Waals surface area (Å²) >= 11 is 0. The van der Waals surface area contributed by atoms with Crippen molar-refractivity contribution in [2.24, 2.45) is 0 Å². The van der Waals surface area contributed by atoms with Gasteiger partial charge in [-0.05, 0) is 42.8 Å². The zero-order valence-corrected chi connectivity index (χ0v) is 15.7. The largest absolute Gasteiger partial charge is 0.426 e. The van der Waals surface area contributed by atoms with Crippen molar-refractivity contribution in [2.75, 3.05) is 11.9 Å². The molecular formula is C22H20N4O2. The van der Waals surface area contributed by atoms with Crippen molar-refractivity contribution in [3.8, 4) is 11.8 Å². The van der Waals surface area contributed by atoms with Gasteiger partial charge in [0.2, 0.25) is 0 Å². The summed E-state index contributed by atoms with van der Waals surface area (Å²) in [5.41, 5.74) is 2.55. The predicted molar refractivity (Wildman–Crippen MR) is 110 cm³/mol. The summed E-state index contributed by atoms with van der Waals surface area (Å²) in [5, 5.41) is 0.481. The van der Waals surface area contributed by atoms with Crippen molar-refractivity contribution in [1.82, 2.24) is 15.0 Å². The van der Waals surface area contributed by atoms with Gasteiger partial charge in [-0.2, -0.15) is 4.98 Å². The topological polar surface area (TPSA) is 71.1 Å². The van der Waals surface area contributed by atoms with Crippen LogP contribution in [0.3, 0.4) is 0 Å². The van der Waals surface area contributed by atoms with E-state index in [1.165, 1.54) is 5.56 Å². The molecule has 2 aromatic carbocycles. The minimum atomic E-state index is -0.254. The smallest absolute Gasteiger partial charge is 0.302 e. The number of ether oxygens (including phenoxy) is 1. The Balaban J connectivity index is 1.53. The molecule has 28 heavy (non-hydrogen) atoms. The molecule has 140 valence electrons. The van der Waals surface area contributed by atoms with Crippen molar-refractivity contribution in [2.45, 2.75) is 13.0 Å². The molecule has 0 aliphatic rings. The van der Waals surface area contributed by atoms with Crippen LogP contribution in [0.5, 0.6) is 11.8 Å². The number of aromatic nitrogens is 3. The number of fused-ring (bicyclic) bond motifs is 1. The fourth-order valence-electron chi connectivity index (χ4n) is 3.06. The van der Waals surface area contributed by atoms with Gasteiger partial charge in [-0.3, -0.25) is 14.8 Å². The highest BCUT2D eigenvalue weighted by Crippen LogP contribution is 2.27. The Bertz CT molecular complexity index is 1140. The number of hydrogen-bond donors (Lipinski definition) is 1. The van der Waals surface area contributed by atoms with Gasteiger partial charge in [-0.1, -0.05) is 30.3 Å². The Morgan fingerprint density at radius 1 is 1.04 bits per heavy atom. The van der Waals surface area contributed by atoms with Gasteiger partial charge >= 0.3 is 6.01 Å². The van der Waals surface area contributed by atoms with Gasteiger partial charge in [0, 0.05) is 18.9 Å². The van der Waals surface area contributed by atoms with Crippen LogP contribution in [0.25, 0.3) is 10.9 Å². The highest BCUT2D eigenvalue weighted by molar-refractivity contribution is 5.76. The van der Waals surface area contributed by atoms with E-state index in [2.05, 4.69) is 46.0 Å². The van der Waals surface area contributed by atoms with Gasteiger partial charge in [0.15, 0.2) is 0 Å². The minimum Gasteiger partial charge on any atom is -0.426 e. The average Bonchev–Trinajstić information content (AvgIpc) is 2.74. The number of nitrogens with zero attached hydrogens (tertiary/aromatic N) is 3. The number of rotatable bonds is 5. The van der Waals surface area contributed by atoms with Crippen LogP contribution in [0.15, 0.2) is 77.9 Å². The number of H-pyrrole nitrogens is 1. The van der Waals surface area contributed by atoms with Gasteiger partial charge < -0.3 is 9.64 Å². The highest BCUT2D eigenvalue weighted by atomic mass is 16.5. The molecular weight excluding hydrogens is 352 g/mol. The van der Waals surface area contributed by atoms with E-state index in [1.807, 2.05) is 42.5 Å². The molecule has 0 unspecified atom stereocenters. The SMILES string of the molecule is C[C@@H](c1ccccc1)N(C)c1ccc(Oc2nc3cnccc3c(=O)[nH]2)cc1. The second kappa shape index (κ2) is 7.52. The summed E-state index contributed by atoms with van der Waals surface area (Å²) in [6.45, 7) is 2.16. The fraction of sp³-hybridized carbons (Fsp3) is 0.136. The number of benzene rings is 2. The first-order valence-electron chi connectivity index (χ1n) is 9.01. The Morgan fingerprint density at radius 2 is 1.79 bits per heavy atom. The lowest BCUT2D eigenvalue weighted by Crippen LogP contribution is -2.21. The van der Waals surface area contributed by atoms with Crippen LogP contribution in [0, 0.1) is 0 Å². The average molecular weight is 372 g/mol. The quantitative estimate of drug-likeness (QED) is 0.565. The lowest BCUT2D eigenvalue weighted by molar-refractivity contribution is 0.442. The maximum absolute atomic E-state index is 12.1. The van der Waals surface area contributed by atoms with Crippen LogP contribution >= 0.6 is 0 Å². The van der Waals surface area contributed by atoms with E-state index in [4.69, 9.17) is 4.74 Å². The zero-order chi connectivity index (χ0) is 19.5. The molecule has 4 rings (SSSR count). The van der Waals surface area contributed by atoms with Gasteiger partial charge in [-0.15, -0.1) is 0 Å². The third-order valence-electron chi connectivity index (χ3n) is 4.81. The third-order valence-corrected chi connectivity index (χ3v) is 4.81.